The van der Waals surface area contributed by atoms with Crippen molar-refractivity contribution in [2.45, 2.75) is 44.6 Å². The number of alkyl carbamates (subject to hydrolysis) is 1. The van der Waals surface area contributed by atoms with Crippen molar-refractivity contribution >= 4 is 18.0 Å². The average molecular weight is 477 g/mol. The lowest BCUT2D eigenvalue weighted by molar-refractivity contribution is -0.142. The topological polar surface area (TPSA) is 105 Å². The predicted molar refractivity (Wildman–Crippen MR) is 133 cm³/mol. The highest BCUT2D eigenvalue weighted by Gasteiger charge is 2.30. The summed E-state index contributed by atoms with van der Waals surface area (Å²) in [6.07, 6.45) is 5.50. The first-order chi connectivity index (χ1) is 17.0. The van der Waals surface area contributed by atoms with E-state index in [1.807, 2.05) is 43.3 Å². The second-order valence-corrected chi connectivity index (χ2v) is 9.24. The van der Waals surface area contributed by atoms with Crippen molar-refractivity contribution in [3.63, 3.8) is 0 Å². The molecule has 0 fully saturated rings. The number of amides is 2. The maximum Gasteiger partial charge on any atom is 0.407 e. The average Bonchev–Trinajstić information content (AvgIpc) is 3.19. The van der Waals surface area contributed by atoms with Crippen LogP contribution in [0.15, 0.2) is 60.7 Å². The fourth-order valence-corrected chi connectivity index (χ4v) is 5.03. The number of rotatable bonds is 9. The molecule has 4 rings (SSSR count). The first kappa shape index (κ1) is 24.5. The Morgan fingerprint density at radius 1 is 1.06 bits per heavy atom. The van der Waals surface area contributed by atoms with E-state index in [-0.39, 0.29) is 36.9 Å². The Balaban J connectivity index is 1.29. The van der Waals surface area contributed by atoms with Crippen LogP contribution in [-0.4, -0.2) is 42.3 Å². The van der Waals surface area contributed by atoms with Crippen LogP contribution in [0.1, 0.15) is 49.7 Å². The van der Waals surface area contributed by atoms with Crippen LogP contribution >= 0.6 is 0 Å². The SMILES string of the molecule is CCCC(CNC(=O)[C@@H]1CC=C[C@@H](NC(=O)OCC2c3ccccc3-c3ccccc32)C1)C(=O)O. The van der Waals surface area contributed by atoms with Gasteiger partial charge < -0.3 is 20.5 Å². The summed E-state index contributed by atoms with van der Waals surface area (Å²) in [6.45, 7) is 2.27. The van der Waals surface area contributed by atoms with Crippen molar-refractivity contribution in [1.82, 2.24) is 10.6 Å². The van der Waals surface area contributed by atoms with Crippen LogP contribution in [0.25, 0.3) is 11.1 Å². The van der Waals surface area contributed by atoms with Gasteiger partial charge in [-0.15, -0.1) is 0 Å². The number of hydrogen-bond acceptors (Lipinski definition) is 4. The predicted octanol–water partition coefficient (Wildman–Crippen LogP) is 4.48. The number of benzene rings is 2. The molecule has 0 aromatic heterocycles. The lowest BCUT2D eigenvalue weighted by atomic mass is 9.90. The Kier molecular flexibility index (Phi) is 7.85. The molecule has 0 bridgehead atoms. The van der Waals surface area contributed by atoms with Crippen LogP contribution < -0.4 is 10.6 Å². The van der Waals surface area contributed by atoms with Gasteiger partial charge in [0, 0.05) is 18.4 Å². The summed E-state index contributed by atoms with van der Waals surface area (Å²) in [5.41, 5.74) is 4.65. The van der Waals surface area contributed by atoms with Crippen LogP contribution in [0, 0.1) is 11.8 Å². The molecule has 7 heteroatoms. The van der Waals surface area contributed by atoms with E-state index in [1.54, 1.807) is 0 Å². The fraction of sp³-hybridized carbons (Fsp3) is 0.393. The Morgan fingerprint density at radius 2 is 1.71 bits per heavy atom. The number of aliphatic carboxylic acids is 1. The minimum atomic E-state index is -0.898. The van der Waals surface area contributed by atoms with E-state index in [1.165, 1.54) is 11.1 Å². The van der Waals surface area contributed by atoms with Crippen molar-refractivity contribution in [2.75, 3.05) is 13.2 Å². The minimum Gasteiger partial charge on any atom is -0.481 e. The van der Waals surface area contributed by atoms with Gasteiger partial charge in [0.15, 0.2) is 0 Å². The van der Waals surface area contributed by atoms with Gasteiger partial charge in [0.05, 0.1) is 12.0 Å². The highest BCUT2D eigenvalue weighted by molar-refractivity contribution is 5.81. The molecule has 0 saturated carbocycles. The Bertz CT molecular complexity index is 1070. The molecule has 3 atom stereocenters. The molecule has 3 N–H and O–H groups in total. The minimum absolute atomic E-state index is 0.0149. The van der Waals surface area contributed by atoms with E-state index in [9.17, 15) is 19.5 Å². The molecule has 184 valence electrons. The smallest absolute Gasteiger partial charge is 0.407 e. The van der Waals surface area contributed by atoms with Crippen LogP contribution in [-0.2, 0) is 14.3 Å². The van der Waals surface area contributed by atoms with Crippen LogP contribution in [0.4, 0.5) is 4.79 Å². The lowest BCUT2D eigenvalue weighted by Gasteiger charge is -2.25. The number of nitrogens with one attached hydrogen (secondary N) is 2. The zero-order valence-electron chi connectivity index (χ0n) is 19.9. The molecule has 2 aromatic rings. The third-order valence-corrected chi connectivity index (χ3v) is 6.85. The molecule has 7 nitrogen and oxygen atoms in total. The molecule has 0 radical (unpaired) electrons. The molecular formula is C28H32N2O5. The highest BCUT2D eigenvalue weighted by atomic mass is 16.5. The van der Waals surface area contributed by atoms with Gasteiger partial charge in [0.25, 0.3) is 0 Å². The first-order valence-corrected chi connectivity index (χ1v) is 12.3. The van der Waals surface area contributed by atoms with Gasteiger partial charge in [-0.1, -0.05) is 74.0 Å². The summed E-state index contributed by atoms with van der Waals surface area (Å²) in [4.78, 5) is 36.5. The quantitative estimate of drug-likeness (QED) is 0.463. The summed E-state index contributed by atoms with van der Waals surface area (Å²) < 4.78 is 5.62. The number of carboxylic acids is 1. The van der Waals surface area contributed by atoms with Gasteiger partial charge >= 0.3 is 12.1 Å². The van der Waals surface area contributed by atoms with E-state index in [0.717, 1.165) is 17.5 Å². The molecule has 1 unspecified atom stereocenters. The highest BCUT2D eigenvalue weighted by Crippen LogP contribution is 2.44. The van der Waals surface area contributed by atoms with E-state index in [4.69, 9.17) is 4.74 Å². The molecule has 2 aromatic carbocycles. The summed E-state index contributed by atoms with van der Waals surface area (Å²) in [5.74, 6) is -2.01. The van der Waals surface area contributed by atoms with Crippen molar-refractivity contribution in [1.29, 1.82) is 0 Å². The standard InChI is InChI=1S/C28H32N2O5/c1-2-8-19(27(32)33)16-29-26(31)18-9-7-10-20(15-18)30-28(34)35-17-25-23-13-5-3-11-21(23)22-12-4-6-14-24(22)25/h3-7,10-14,18-20,25H,2,8-9,15-17H2,1H3,(H,29,31)(H,30,34)(H,32,33)/t18-,19?,20-/m1/s1. The summed E-state index contributed by atoms with van der Waals surface area (Å²) >= 11 is 0. The van der Waals surface area contributed by atoms with Crippen molar-refractivity contribution in [3.8, 4) is 11.1 Å². The normalized spacial score (nSPS) is 19.3. The lowest BCUT2D eigenvalue weighted by Crippen LogP contribution is -2.42. The van der Waals surface area contributed by atoms with E-state index >= 15 is 0 Å². The van der Waals surface area contributed by atoms with Gasteiger partial charge in [-0.25, -0.2) is 4.79 Å². The Labute approximate surface area is 205 Å². The van der Waals surface area contributed by atoms with Gasteiger partial charge in [-0.2, -0.15) is 0 Å². The number of carbonyl (C=O) groups excluding carboxylic acids is 2. The number of hydrogen-bond donors (Lipinski definition) is 3. The Morgan fingerprint density at radius 3 is 2.34 bits per heavy atom. The molecule has 2 amide bonds. The summed E-state index contributed by atoms with van der Waals surface area (Å²) in [7, 11) is 0. The van der Waals surface area contributed by atoms with Gasteiger partial charge in [0.2, 0.25) is 5.91 Å². The number of ether oxygens (including phenoxy) is 1. The fourth-order valence-electron chi connectivity index (χ4n) is 5.03. The Hall–Kier alpha value is -3.61. The third kappa shape index (κ3) is 5.73. The number of allylic oxidation sites excluding steroid dienone is 1. The molecule has 35 heavy (non-hydrogen) atoms. The van der Waals surface area contributed by atoms with Gasteiger partial charge in [-0.05, 0) is 41.5 Å². The molecule has 2 aliphatic rings. The molecule has 0 aliphatic heterocycles. The zero-order chi connectivity index (χ0) is 24.8. The third-order valence-electron chi connectivity index (χ3n) is 6.85. The van der Waals surface area contributed by atoms with Crippen molar-refractivity contribution in [2.24, 2.45) is 11.8 Å². The monoisotopic (exact) mass is 476 g/mol. The van der Waals surface area contributed by atoms with E-state index < -0.39 is 18.0 Å². The maximum absolute atomic E-state index is 12.6. The number of carbonyl (C=O) groups is 3. The van der Waals surface area contributed by atoms with E-state index in [2.05, 4.69) is 34.9 Å². The van der Waals surface area contributed by atoms with Crippen molar-refractivity contribution < 1.29 is 24.2 Å². The first-order valence-electron chi connectivity index (χ1n) is 12.3. The largest absolute Gasteiger partial charge is 0.481 e. The second-order valence-electron chi connectivity index (χ2n) is 9.24. The molecule has 0 saturated heterocycles. The maximum atomic E-state index is 12.6. The van der Waals surface area contributed by atoms with Gasteiger partial charge in [0.1, 0.15) is 6.61 Å². The van der Waals surface area contributed by atoms with Gasteiger partial charge in [-0.3, -0.25) is 9.59 Å². The molecule has 0 heterocycles. The molecule has 2 aliphatic carbocycles. The number of carboxylic acid groups (broad SMARTS) is 1. The van der Waals surface area contributed by atoms with Crippen LogP contribution in [0.2, 0.25) is 0 Å². The number of fused-ring (bicyclic) bond motifs is 3. The molecule has 0 spiro atoms. The summed E-state index contributed by atoms with van der Waals surface area (Å²) in [6, 6.07) is 16.0. The van der Waals surface area contributed by atoms with Crippen LogP contribution in [0.3, 0.4) is 0 Å². The molecular weight excluding hydrogens is 444 g/mol. The van der Waals surface area contributed by atoms with Crippen molar-refractivity contribution in [3.05, 3.63) is 71.8 Å². The van der Waals surface area contributed by atoms with Crippen LogP contribution in [0.5, 0.6) is 0 Å². The zero-order valence-corrected chi connectivity index (χ0v) is 19.9. The second kappa shape index (κ2) is 11.2. The van der Waals surface area contributed by atoms with E-state index in [0.29, 0.717) is 19.3 Å². The summed E-state index contributed by atoms with van der Waals surface area (Å²) in [5, 5.41) is 14.9.